The van der Waals surface area contributed by atoms with Gasteiger partial charge in [-0.3, -0.25) is 19.7 Å². The van der Waals surface area contributed by atoms with Crippen LogP contribution in [0, 0.1) is 22.5 Å². The zero-order chi connectivity index (χ0) is 19.0. The molecule has 7 heteroatoms. The van der Waals surface area contributed by atoms with E-state index in [0.29, 0.717) is 6.42 Å². The molecule has 1 fully saturated rings. The van der Waals surface area contributed by atoms with Gasteiger partial charge in [0.15, 0.2) is 0 Å². The fourth-order valence-electron chi connectivity index (χ4n) is 2.83. The van der Waals surface area contributed by atoms with Gasteiger partial charge in [0.05, 0.1) is 10.3 Å². The fraction of sp³-hybridized carbons (Fsp3) is 0.556. The molecule has 1 saturated heterocycles. The molecule has 0 bridgehead atoms. The molecule has 1 aliphatic heterocycles. The Hall–Kier alpha value is -2.44. The van der Waals surface area contributed by atoms with E-state index in [4.69, 9.17) is 4.74 Å². The van der Waals surface area contributed by atoms with Crippen molar-refractivity contribution in [3.05, 3.63) is 33.9 Å². The van der Waals surface area contributed by atoms with Gasteiger partial charge in [-0.25, -0.2) is 0 Å². The van der Waals surface area contributed by atoms with Crippen LogP contribution < -0.4 is 4.90 Å². The third-order valence-electron chi connectivity index (χ3n) is 4.21. The number of nitro benzene ring substituents is 1. The van der Waals surface area contributed by atoms with E-state index >= 15 is 0 Å². The first-order chi connectivity index (χ1) is 11.4. The normalized spacial score (nSPS) is 21.2. The largest absolute Gasteiger partial charge is 0.459 e. The number of nitrogens with zero attached hydrogens (tertiary/aromatic N) is 2. The van der Waals surface area contributed by atoms with E-state index in [2.05, 4.69) is 0 Å². The topological polar surface area (TPSA) is 89.8 Å². The van der Waals surface area contributed by atoms with Crippen LogP contribution in [0.5, 0.6) is 0 Å². The first-order valence-corrected chi connectivity index (χ1v) is 8.22. The summed E-state index contributed by atoms with van der Waals surface area (Å²) in [5, 5.41) is 11.4. The maximum absolute atomic E-state index is 12.6. The Balaban J connectivity index is 2.37. The highest BCUT2D eigenvalue weighted by Gasteiger charge is 2.45. The van der Waals surface area contributed by atoms with Crippen LogP contribution >= 0.6 is 0 Å². The molecule has 0 saturated carbocycles. The fourth-order valence-corrected chi connectivity index (χ4v) is 2.83. The molecule has 2 rings (SSSR count). The van der Waals surface area contributed by atoms with Crippen LogP contribution in [0.2, 0.25) is 0 Å². The minimum absolute atomic E-state index is 0.0602. The summed E-state index contributed by atoms with van der Waals surface area (Å²) in [5.74, 6) is -0.625. The Kier molecular flexibility index (Phi) is 4.88. The van der Waals surface area contributed by atoms with E-state index in [-0.39, 0.29) is 30.2 Å². The molecule has 1 aromatic rings. The van der Waals surface area contributed by atoms with Gasteiger partial charge in [-0.15, -0.1) is 0 Å². The number of benzene rings is 1. The molecule has 1 aromatic carbocycles. The van der Waals surface area contributed by atoms with Gasteiger partial charge in [0.25, 0.3) is 5.69 Å². The van der Waals surface area contributed by atoms with Crippen molar-refractivity contribution in [1.29, 1.82) is 0 Å². The molecule has 0 aliphatic carbocycles. The highest BCUT2D eigenvalue weighted by molar-refractivity contribution is 5.98. The van der Waals surface area contributed by atoms with E-state index in [1.807, 2.05) is 0 Å². The number of ether oxygens (including phenoxy) is 1. The molecular weight excluding hydrogens is 324 g/mol. The van der Waals surface area contributed by atoms with Gasteiger partial charge in [0.2, 0.25) is 5.91 Å². The molecule has 1 amide bonds. The number of piperidine rings is 1. The number of rotatable bonds is 3. The molecule has 0 spiro atoms. The lowest BCUT2D eigenvalue weighted by Gasteiger charge is -2.39. The highest BCUT2D eigenvalue weighted by Crippen LogP contribution is 2.38. The van der Waals surface area contributed by atoms with E-state index in [9.17, 15) is 19.7 Å². The van der Waals surface area contributed by atoms with Gasteiger partial charge >= 0.3 is 5.97 Å². The van der Waals surface area contributed by atoms with E-state index < -0.39 is 21.9 Å². The van der Waals surface area contributed by atoms with Crippen molar-refractivity contribution in [3.8, 4) is 0 Å². The summed E-state index contributed by atoms with van der Waals surface area (Å²) in [7, 11) is 0. The van der Waals surface area contributed by atoms with Gasteiger partial charge in [0, 0.05) is 19.0 Å². The lowest BCUT2D eigenvalue weighted by atomic mass is 9.81. The number of hydrogen-bond donors (Lipinski definition) is 0. The number of esters is 1. The predicted octanol–water partition coefficient (Wildman–Crippen LogP) is 3.38. The van der Waals surface area contributed by atoms with Gasteiger partial charge in [-0.2, -0.15) is 0 Å². The quantitative estimate of drug-likeness (QED) is 0.474. The van der Waals surface area contributed by atoms with Crippen LogP contribution in [0.1, 0.15) is 46.1 Å². The van der Waals surface area contributed by atoms with Crippen LogP contribution in [0.15, 0.2) is 18.2 Å². The summed E-state index contributed by atoms with van der Waals surface area (Å²) in [6.07, 6.45) is 0.498. The summed E-state index contributed by atoms with van der Waals surface area (Å²) in [6, 6.07) is 4.71. The maximum atomic E-state index is 12.6. The number of hydrogen-bond acceptors (Lipinski definition) is 5. The lowest BCUT2D eigenvalue weighted by molar-refractivity contribution is -0.384. The molecular formula is C18H24N2O5. The smallest absolute Gasteiger partial charge is 0.314 e. The molecule has 0 N–H and O–H groups in total. The van der Waals surface area contributed by atoms with Gasteiger partial charge in [-0.1, -0.05) is 6.07 Å². The Morgan fingerprint density at radius 2 is 2.00 bits per heavy atom. The van der Waals surface area contributed by atoms with Crippen molar-refractivity contribution in [1.82, 2.24) is 0 Å². The summed E-state index contributed by atoms with van der Waals surface area (Å²) in [4.78, 5) is 37.2. The molecule has 25 heavy (non-hydrogen) atoms. The van der Waals surface area contributed by atoms with Crippen LogP contribution in [-0.4, -0.2) is 28.9 Å². The van der Waals surface area contributed by atoms with Crippen molar-refractivity contribution in [2.45, 2.75) is 53.1 Å². The molecule has 1 atom stereocenters. The average Bonchev–Trinajstić information content (AvgIpc) is 2.48. The number of carbonyl (C=O) groups is 2. The second kappa shape index (κ2) is 6.46. The first-order valence-electron chi connectivity index (χ1n) is 8.22. The average molecular weight is 348 g/mol. The van der Waals surface area contributed by atoms with Crippen molar-refractivity contribution in [2.24, 2.45) is 5.41 Å². The molecule has 7 nitrogen and oxygen atoms in total. The molecule has 1 heterocycles. The molecule has 0 radical (unpaired) electrons. The number of carbonyl (C=O) groups excluding carboxylic acids is 2. The zero-order valence-electron chi connectivity index (χ0n) is 15.3. The van der Waals surface area contributed by atoms with Crippen LogP contribution in [0.3, 0.4) is 0 Å². The first kappa shape index (κ1) is 18.9. The number of amides is 1. The molecule has 0 aromatic heterocycles. The molecule has 136 valence electrons. The van der Waals surface area contributed by atoms with Crippen LogP contribution in [-0.2, 0) is 14.3 Å². The van der Waals surface area contributed by atoms with Crippen molar-refractivity contribution >= 4 is 23.3 Å². The van der Waals surface area contributed by atoms with Crippen LogP contribution in [0.4, 0.5) is 11.4 Å². The van der Waals surface area contributed by atoms with Gasteiger partial charge in [0.1, 0.15) is 11.3 Å². The standard InChI is InChI=1S/C18H24N2O5/c1-12-6-7-13(14(10-12)20(23)24)19-11-18(5,9-8-15(19)21)16(22)25-17(2,3)4/h6-7,10H,8-9,11H2,1-5H3. The van der Waals surface area contributed by atoms with E-state index in [0.717, 1.165) is 5.56 Å². The predicted molar refractivity (Wildman–Crippen MR) is 93.4 cm³/mol. The van der Waals surface area contributed by atoms with Gasteiger partial charge < -0.3 is 9.64 Å². The van der Waals surface area contributed by atoms with Crippen molar-refractivity contribution in [2.75, 3.05) is 11.4 Å². The van der Waals surface area contributed by atoms with Crippen molar-refractivity contribution in [3.63, 3.8) is 0 Å². The third-order valence-corrected chi connectivity index (χ3v) is 4.21. The zero-order valence-corrected chi connectivity index (χ0v) is 15.3. The van der Waals surface area contributed by atoms with E-state index in [1.165, 1.54) is 11.0 Å². The molecule has 1 aliphatic rings. The van der Waals surface area contributed by atoms with Gasteiger partial charge in [-0.05, 0) is 52.7 Å². The van der Waals surface area contributed by atoms with Crippen molar-refractivity contribution < 1.29 is 19.2 Å². The minimum Gasteiger partial charge on any atom is -0.459 e. The summed E-state index contributed by atoms with van der Waals surface area (Å²) < 4.78 is 5.49. The Labute approximate surface area is 147 Å². The molecule has 1 unspecified atom stereocenters. The Morgan fingerprint density at radius 3 is 2.56 bits per heavy atom. The summed E-state index contributed by atoms with van der Waals surface area (Å²) in [6.45, 7) is 8.89. The third kappa shape index (κ3) is 4.15. The SMILES string of the molecule is Cc1ccc(N2CC(C)(C(=O)OC(C)(C)C)CCC2=O)c([N+](=O)[O-])c1. The minimum atomic E-state index is -0.903. The van der Waals surface area contributed by atoms with Crippen LogP contribution in [0.25, 0.3) is 0 Å². The Morgan fingerprint density at radius 1 is 1.36 bits per heavy atom. The number of anilines is 1. The summed E-state index contributed by atoms with van der Waals surface area (Å²) >= 11 is 0. The second-order valence-corrected chi connectivity index (χ2v) is 7.79. The lowest BCUT2D eigenvalue weighted by Crippen LogP contribution is -2.50. The van der Waals surface area contributed by atoms with E-state index in [1.54, 1.807) is 46.8 Å². The Bertz CT molecular complexity index is 723. The summed E-state index contributed by atoms with van der Waals surface area (Å²) in [5.41, 5.74) is -0.728. The number of nitro groups is 1. The maximum Gasteiger partial charge on any atom is 0.314 e. The highest BCUT2D eigenvalue weighted by atomic mass is 16.6. The number of aryl methyl sites for hydroxylation is 1. The monoisotopic (exact) mass is 348 g/mol. The second-order valence-electron chi connectivity index (χ2n) is 7.79.